The van der Waals surface area contributed by atoms with E-state index < -0.39 is 45.4 Å². The lowest BCUT2D eigenvalue weighted by molar-refractivity contribution is -0.384. The standard InChI is InChI=1S/C21H23N3O9S/c1-13(2)20(23-34(29,30)16-6-7-17-18(11-16)32-9-8-31-17)21(26)33-12-19(25)22-14-4-3-5-15(10-14)24(27)28/h3-7,10-11,13,20,23H,8-9,12H2,1-2H3,(H,22,25). The molecule has 1 atom stereocenters. The number of nitro groups is 1. The first-order chi connectivity index (χ1) is 16.1. The molecule has 1 aliphatic rings. The molecule has 0 radical (unpaired) electrons. The van der Waals surface area contributed by atoms with Gasteiger partial charge in [0, 0.05) is 23.9 Å². The van der Waals surface area contributed by atoms with Gasteiger partial charge in [-0.25, -0.2) is 8.42 Å². The molecule has 0 saturated carbocycles. The third-order valence-corrected chi connectivity index (χ3v) is 6.15. The second-order valence-corrected chi connectivity index (χ2v) is 9.33. The molecule has 0 saturated heterocycles. The lowest BCUT2D eigenvalue weighted by Gasteiger charge is -2.22. The maximum Gasteiger partial charge on any atom is 0.324 e. The maximum absolute atomic E-state index is 12.9. The van der Waals surface area contributed by atoms with E-state index in [1.807, 2.05) is 0 Å². The Morgan fingerprint density at radius 3 is 2.50 bits per heavy atom. The second kappa shape index (κ2) is 10.5. The largest absolute Gasteiger partial charge is 0.486 e. The summed E-state index contributed by atoms with van der Waals surface area (Å²) in [6.45, 7) is 3.15. The van der Waals surface area contributed by atoms with Crippen LogP contribution in [0, 0.1) is 16.0 Å². The van der Waals surface area contributed by atoms with Crippen LogP contribution in [0.1, 0.15) is 13.8 Å². The minimum Gasteiger partial charge on any atom is -0.486 e. The number of esters is 1. The Hall–Kier alpha value is -3.71. The summed E-state index contributed by atoms with van der Waals surface area (Å²) < 4.78 is 43.8. The molecule has 0 aromatic heterocycles. The number of anilines is 1. The van der Waals surface area contributed by atoms with E-state index in [-0.39, 0.29) is 28.6 Å². The molecule has 182 valence electrons. The summed E-state index contributed by atoms with van der Waals surface area (Å²) in [5, 5.41) is 13.2. The van der Waals surface area contributed by atoms with Gasteiger partial charge in [0.25, 0.3) is 11.6 Å². The Kier molecular flexibility index (Phi) is 7.68. The van der Waals surface area contributed by atoms with Gasteiger partial charge in [-0.3, -0.25) is 19.7 Å². The van der Waals surface area contributed by atoms with Gasteiger partial charge in [0.15, 0.2) is 18.1 Å². The molecule has 1 amide bonds. The minimum absolute atomic E-state index is 0.126. The van der Waals surface area contributed by atoms with Crippen molar-refractivity contribution in [2.45, 2.75) is 24.8 Å². The number of ether oxygens (including phenoxy) is 3. The number of hydrogen-bond donors (Lipinski definition) is 2. The van der Waals surface area contributed by atoms with Gasteiger partial charge in [0.05, 0.1) is 9.82 Å². The summed E-state index contributed by atoms with van der Waals surface area (Å²) in [5.41, 5.74) is -0.0711. The number of sulfonamides is 1. The van der Waals surface area contributed by atoms with Gasteiger partial charge >= 0.3 is 5.97 Å². The number of nitrogens with one attached hydrogen (secondary N) is 2. The van der Waals surface area contributed by atoms with E-state index in [1.165, 1.54) is 36.4 Å². The molecule has 0 fully saturated rings. The highest BCUT2D eigenvalue weighted by atomic mass is 32.2. The predicted molar refractivity (Wildman–Crippen MR) is 119 cm³/mol. The number of non-ortho nitro benzene ring substituents is 1. The molecule has 2 aromatic carbocycles. The zero-order valence-corrected chi connectivity index (χ0v) is 19.2. The molecular formula is C21H23N3O9S. The van der Waals surface area contributed by atoms with E-state index in [0.29, 0.717) is 12.4 Å². The van der Waals surface area contributed by atoms with Crippen LogP contribution in [-0.2, 0) is 24.3 Å². The molecular weight excluding hydrogens is 470 g/mol. The average molecular weight is 493 g/mol. The number of carbonyl (C=O) groups excluding carboxylic acids is 2. The fraction of sp³-hybridized carbons (Fsp3) is 0.333. The first-order valence-electron chi connectivity index (χ1n) is 10.2. The Morgan fingerprint density at radius 1 is 1.12 bits per heavy atom. The van der Waals surface area contributed by atoms with E-state index in [4.69, 9.17) is 14.2 Å². The van der Waals surface area contributed by atoms with Gasteiger partial charge in [0.2, 0.25) is 10.0 Å². The Balaban J connectivity index is 1.63. The van der Waals surface area contributed by atoms with Crippen LogP contribution in [0.2, 0.25) is 0 Å². The van der Waals surface area contributed by atoms with Crippen molar-refractivity contribution in [3.63, 3.8) is 0 Å². The van der Waals surface area contributed by atoms with E-state index in [1.54, 1.807) is 13.8 Å². The summed E-state index contributed by atoms with van der Waals surface area (Å²) in [6, 6.07) is 8.05. The lowest BCUT2D eigenvalue weighted by Crippen LogP contribution is -2.45. The summed E-state index contributed by atoms with van der Waals surface area (Å²) >= 11 is 0. The van der Waals surface area contributed by atoms with Crippen LogP contribution >= 0.6 is 0 Å². The molecule has 1 heterocycles. The Morgan fingerprint density at radius 2 is 1.82 bits per heavy atom. The molecule has 2 aromatic rings. The van der Waals surface area contributed by atoms with E-state index >= 15 is 0 Å². The Bertz CT molecular complexity index is 1200. The topological polar surface area (TPSA) is 163 Å². The van der Waals surface area contributed by atoms with Crippen LogP contribution in [0.15, 0.2) is 47.4 Å². The van der Waals surface area contributed by atoms with Crippen LogP contribution in [0.5, 0.6) is 11.5 Å². The van der Waals surface area contributed by atoms with Crippen LogP contribution < -0.4 is 19.5 Å². The zero-order chi connectivity index (χ0) is 24.9. The van der Waals surface area contributed by atoms with Gasteiger partial charge in [-0.1, -0.05) is 19.9 Å². The third-order valence-electron chi connectivity index (χ3n) is 4.71. The van der Waals surface area contributed by atoms with Crippen molar-refractivity contribution in [3.8, 4) is 11.5 Å². The van der Waals surface area contributed by atoms with Crippen molar-refractivity contribution in [3.05, 3.63) is 52.6 Å². The number of hydrogen-bond acceptors (Lipinski definition) is 9. The Labute approximate surface area is 195 Å². The fourth-order valence-corrected chi connectivity index (χ4v) is 4.35. The number of nitrogens with zero attached hydrogens (tertiary/aromatic N) is 1. The van der Waals surface area contributed by atoms with Crippen LogP contribution in [0.3, 0.4) is 0 Å². The fourth-order valence-electron chi connectivity index (χ4n) is 3.00. The molecule has 34 heavy (non-hydrogen) atoms. The van der Waals surface area contributed by atoms with E-state index in [0.717, 1.165) is 6.07 Å². The highest BCUT2D eigenvalue weighted by molar-refractivity contribution is 7.89. The highest BCUT2D eigenvalue weighted by Crippen LogP contribution is 2.32. The van der Waals surface area contributed by atoms with Gasteiger partial charge in [0.1, 0.15) is 19.3 Å². The summed E-state index contributed by atoms with van der Waals surface area (Å²) in [5.74, 6) is -1.51. The van der Waals surface area contributed by atoms with Gasteiger partial charge in [-0.05, 0) is 24.1 Å². The first kappa shape index (κ1) is 24.9. The van der Waals surface area contributed by atoms with Crippen molar-refractivity contribution in [2.75, 3.05) is 25.1 Å². The molecule has 13 heteroatoms. The normalized spacial score (nSPS) is 13.7. The van der Waals surface area contributed by atoms with Crippen molar-refractivity contribution in [2.24, 2.45) is 5.92 Å². The van der Waals surface area contributed by atoms with E-state index in [2.05, 4.69) is 10.0 Å². The van der Waals surface area contributed by atoms with Crippen LogP contribution in [0.4, 0.5) is 11.4 Å². The second-order valence-electron chi connectivity index (χ2n) is 7.61. The smallest absolute Gasteiger partial charge is 0.324 e. The van der Waals surface area contributed by atoms with Gasteiger partial charge < -0.3 is 19.5 Å². The molecule has 12 nitrogen and oxygen atoms in total. The van der Waals surface area contributed by atoms with Crippen LogP contribution in [-0.4, -0.2) is 51.1 Å². The monoisotopic (exact) mass is 493 g/mol. The summed E-state index contributed by atoms with van der Waals surface area (Å²) in [4.78, 5) is 34.8. The molecule has 1 unspecified atom stereocenters. The zero-order valence-electron chi connectivity index (χ0n) is 18.3. The number of fused-ring (bicyclic) bond motifs is 1. The molecule has 0 spiro atoms. The quantitative estimate of drug-likeness (QED) is 0.301. The molecule has 0 aliphatic carbocycles. The number of nitro benzene ring substituents is 1. The summed E-state index contributed by atoms with van der Waals surface area (Å²) in [7, 11) is -4.13. The van der Waals surface area contributed by atoms with Crippen molar-refractivity contribution >= 4 is 33.3 Å². The first-order valence-corrected chi connectivity index (χ1v) is 11.7. The third kappa shape index (κ3) is 6.20. The van der Waals surface area contributed by atoms with Gasteiger partial charge in [-0.2, -0.15) is 4.72 Å². The SMILES string of the molecule is CC(C)C(NS(=O)(=O)c1ccc2c(c1)OCCO2)C(=O)OCC(=O)Nc1cccc([N+](=O)[O-])c1. The lowest BCUT2D eigenvalue weighted by atomic mass is 10.1. The van der Waals surface area contributed by atoms with Crippen molar-refractivity contribution in [1.29, 1.82) is 0 Å². The maximum atomic E-state index is 12.9. The minimum atomic E-state index is -4.13. The van der Waals surface area contributed by atoms with Crippen LogP contribution in [0.25, 0.3) is 0 Å². The van der Waals surface area contributed by atoms with Crippen molar-refractivity contribution in [1.82, 2.24) is 4.72 Å². The molecule has 1 aliphatic heterocycles. The number of benzene rings is 2. The van der Waals surface area contributed by atoms with E-state index in [9.17, 15) is 28.1 Å². The average Bonchev–Trinajstić information content (AvgIpc) is 2.80. The highest BCUT2D eigenvalue weighted by Gasteiger charge is 2.31. The van der Waals surface area contributed by atoms with Gasteiger partial charge in [-0.15, -0.1) is 0 Å². The number of amides is 1. The molecule has 2 N–H and O–H groups in total. The number of rotatable bonds is 9. The summed E-state index contributed by atoms with van der Waals surface area (Å²) in [6.07, 6.45) is 0. The predicted octanol–water partition coefficient (Wildman–Crippen LogP) is 1.85. The van der Waals surface area contributed by atoms with Crippen molar-refractivity contribution < 1.29 is 37.1 Å². The molecule has 3 rings (SSSR count). The molecule has 0 bridgehead atoms. The number of carbonyl (C=O) groups is 2.